The van der Waals surface area contributed by atoms with Crippen molar-refractivity contribution < 1.29 is 14.6 Å². The van der Waals surface area contributed by atoms with Crippen molar-refractivity contribution in [3.63, 3.8) is 0 Å². The molecule has 4 unspecified atom stereocenters. The topological polar surface area (TPSA) is 46.5 Å². The van der Waals surface area contributed by atoms with Gasteiger partial charge in [-0.15, -0.1) is 0 Å². The first-order valence-corrected chi connectivity index (χ1v) is 14.1. The second-order valence-electron chi connectivity index (χ2n) is 14.7. The predicted molar refractivity (Wildman–Crippen MR) is 132 cm³/mol. The van der Waals surface area contributed by atoms with Crippen LogP contribution in [0.1, 0.15) is 112 Å². The Morgan fingerprint density at radius 2 is 1.52 bits per heavy atom. The van der Waals surface area contributed by atoms with Crippen LogP contribution in [-0.2, 0) is 9.53 Å². The molecule has 0 radical (unpaired) electrons. The Bertz CT molecular complexity index is 804. The summed E-state index contributed by atoms with van der Waals surface area (Å²) in [5.74, 6) is 3.27. The molecule has 3 heteroatoms. The third-order valence-electron chi connectivity index (χ3n) is 13.5. The minimum Gasteiger partial charge on any atom is -0.469 e. The van der Waals surface area contributed by atoms with Gasteiger partial charge in [0.2, 0.25) is 0 Å². The van der Waals surface area contributed by atoms with Crippen molar-refractivity contribution in [2.24, 2.45) is 56.7 Å². The van der Waals surface area contributed by atoms with E-state index in [9.17, 15) is 9.90 Å². The zero-order chi connectivity index (χ0) is 24.0. The van der Waals surface area contributed by atoms with Crippen molar-refractivity contribution in [2.75, 3.05) is 7.11 Å². The molecule has 0 bridgehead atoms. The molecule has 0 aromatic carbocycles. The number of esters is 1. The molecule has 3 nitrogen and oxygen atoms in total. The quantitative estimate of drug-likeness (QED) is 0.430. The molecule has 0 aromatic heterocycles. The number of hydrogen-bond acceptors (Lipinski definition) is 3. The van der Waals surface area contributed by atoms with Crippen molar-refractivity contribution in [3.05, 3.63) is 0 Å². The van der Waals surface area contributed by atoms with Crippen LogP contribution in [0.3, 0.4) is 0 Å². The third-order valence-corrected chi connectivity index (χ3v) is 13.5. The normalized spacial score (nSPS) is 55.4. The van der Waals surface area contributed by atoms with Crippen LogP contribution in [0.25, 0.3) is 0 Å². The Kier molecular flexibility index (Phi) is 5.46. The van der Waals surface area contributed by atoms with Crippen LogP contribution in [0, 0.1) is 56.7 Å². The van der Waals surface area contributed by atoms with Gasteiger partial charge in [0, 0.05) is 0 Å². The van der Waals surface area contributed by atoms with Gasteiger partial charge in [0.1, 0.15) is 0 Å². The SMILES string of the molecule is COC(=O)C12CC[C@H](C)C[C@H]1C1CCC3[C@@]4(C)CC[C@H](O)C(C)(C)C4CC[C@@]3(C)[C@@]1(C)CC2. The highest BCUT2D eigenvalue weighted by molar-refractivity contribution is 5.77. The highest BCUT2D eigenvalue weighted by atomic mass is 16.5. The summed E-state index contributed by atoms with van der Waals surface area (Å²) in [6.07, 6.45) is 12.7. The lowest BCUT2D eigenvalue weighted by Gasteiger charge is -2.73. The molecule has 10 atom stereocenters. The molecule has 5 fully saturated rings. The molecular weight excluding hydrogens is 408 g/mol. The number of aliphatic hydroxyl groups is 1. The monoisotopic (exact) mass is 458 g/mol. The lowest BCUT2D eigenvalue weighted by atomic mass is 9.31. The fraction of sp³-hybridized carbons (Fsp3) is 0.967. The first-order chi connectivity index (χ1) is 15.4. The molecule has 5 aliphatic rings. The zero-order valence-electron chi connectivity index (χ0n) is 22.5. The first-order valence-electron chi connectivity index (χ1n) is 14.1. The molecule has 5 rings (SSSR count). The van der Waals surface area contributed by atoms with Gasteiger partial charge in [0.15, 0.2) is 0 Å². The zero-order valence-corrected chi connectivity index (χ0v) is 22.5. The molecule has 0 saturated heterocycles. The van der Waals surface area contributed by atoms with E-state index < -0.39 is 0 Å². The highest BCUT2D eigenvalue weighted by Gasteiger charge is 2.70. The smallest absolute Gasteiger partial charge is 0.312 e. The average Bonchev–Trinajstić information content (AvgIpc) is 2.76. The molecule has 1 N–H and O–H groups in total. The van der Waals surface area contributed by atoms with Gasteiger partial charge >= 0.3 is 5.97 Å². The standard InChI is InChI=1S/C30H50O3/c1-19-10-15-30(25(32)33-7)17-16-28(5)20(21(30)18-19)8-9-23-27(4)13-12-24(31)26(2,3)22(27)11-14-29(23,28)6/h19-24,31H,8-18H2,1-7H3/t19-,20?,21-,22?,23?,24-,27-,28-,29+,30?/m0/s1. The number of carbonyl (C=O) groups excluding carboxylic acids is 1. The van der Waals surface area contributed by atoms with E-state index in [1.54, 1.807) is 7.11 Å². The molecule has 5 aliphatic carbocycles. The van der Waals surface area contributed by atoms with E-state index in [0.717, 1.165) is 31.1 Å². The van der Waals surface area contributed by atoms with Gasteiger partial charge in [-0.3, -0.25) is 4.79 Å². The van der Waals surface area contributed by atoms with Gasteiger partial charge in [-0.2, -0.15) is 0 Å². The maximum Gasteiger partial charge on any atom is 0.312 e. The summed E-state index contributed by atoms with van der Waals surface area (Å²) in [7, 11) is 1.61. The van der Waals surface area contributed by atoms with E-state index in [1.165, 1.54) is 51.4 Å². The van der Waals surface area contributed by atoms with Crippen LogP contribution in [0.5, 0.6) is 0 Å². The Balaban J connectivity index is 1.53. The van der Waals surface area contributed by atoms with Crippen LogP contribution in [0.4, 0.5) is 0 Å². The van der Waals surface area contributed by atoms with E-state index in [0.29, 0.717) is 34.0 Å². The van der Waals surface area contributed by atoms with Gasteiger partial charge in [-0.1, -0.05) is 41.5 Å². The largest absolute Gasteiger partial charge is 0.469 e. The molecule has 0 heterocycles. The van der Waals surface area contributed by atoms with Gasteiger partial charge in [0.05, 0.1) is 18.6 Å². The Morgan fingerprint density at radius 3 is 2.21 bits per heavy atom. The van der Waals surface area contributed by atoms with Crippen molar-refractivity contribution in [1.82, 2.24) is 0 Å². The minimum absolute atomic E-state index is 0.0114. The maximum absolute atomic E-state index is 13.3. The first kappa shape index (κ1) is 24.1. The van der Waals surface area contributed by atoms with Crippen LogP contribution < -0.4 is 0 Å². The number of aliphatic hydroxyl groups excluding tert-OH is 1. The Hall–Kier alpha value is -0.570. The summed E-state index contributed by atoms with van der Waals surface area (Å²) >= 11 is 0. The summed E-state index contributed by atoms with van der Waals surface area (Å²) in [5.41, 5.74) is 0.719. The Morgan fingerprint density at radius 1 is 0.788 bits per heavy atom. The van der Waals surface area contributed by atoms with Gasteiger partial charge in [0.25, 0.3) is 0 Å². The summed E-state index contributed by atoms with van der Waals surface area (Å²) in [4.78, 5) is 13.3. The van der Waals surface area contributed by atoms with Crippen LogP contribution in [-0.4, -0.2) is 24.3 Å². The minimum atomic E-state index is -0.229. The van der Waals surface area contributed by atoms with Crippen LogP contribution >= 0.6 is 0 Å². The molecule has 0 aromatic rings. The maximum atomic E-state index is 13.3. The summed E-state index contributed by atoms with van der Waals surface area (Å²) in [5, 5.41) is 10.9. The molecule has 0 spiro atoms. The fourth-order valence-corrected chi connectivity index (χ4v) is 11.4. The lowest BCUT2D eigenvalue weighted by Crippen LogP contribution is -2.67. The van der Waals surface area contributed by atoms with Crippen LogP contribution in [0.2, 0.25) is 0 Å². The van der Waals surface area contributed by atoms with Crippen LogP contribution in [0.15, 0.2) is 0 Å². The second kappa shape index (κ2) is 7.47. The fourth-order valence-electron chi connectivity index (χ4n) is 11.4. The second-order valence-corrected chi connectivity index (χ2v) is 14.7. The van der Waals surface area contributed by atoms with E-state index in [-0.39, 0.29) is 22.9 Å². The third kappa shape index (κ3) is 2.93. The Labute approximate surface area is 202 Å². The van der Waals surface area contributed by atoms with Crippen molar-refractivity contribution >= 4 is 5.97 Å². The summed E-state index contributed by atoms with van der Waals surface area (Å²) < 4.78 is 5.49. The van der Waals surface area contributed by atoms with E-state index in [4.69, 9.17) is 4.74 Å². The molecule has 188 valence electrons. The van der Waals surface area contributed by atoms with Crippen molar-refractivity contribution in [3.8, 4) is 0 Å². The van der Waals surface area contributed by atoms with E-state index in [1.807, 2.05) is 0 Å². The number of fused-ring (bicyclic) bond motifs is 7. The molecule has 0 amide bonds. The number of hydrogen-bond donors (Lipinski definition) is 1. The molecule has 33 heavy (non-hydrogen) atoms. The lowest BCUT2D eigenvalue weighted by molar-refractivity contribution is -0.253. The predicted octanol–water partition coefficient (Wildman–Crippen LogP) is 7.01. The number of carbonyl (C=O) groups is 1. The van der Waals surface area contributed by atoms with Gasteiger partial charge < -0.3 is 9.84 Å². The van der Waals surface area contributed by atoms with E-state index in [2.05, 4.69) is 41.5 Å². The van der Waals surface area contributed by atoms with Gasteiger partial charge in [-0.25, -0.2) is 0 Å². The van der Waals surface area contributed by atoms with Crippen molar-refractivity contribution in [1.29, 1.82) is 0 Å². The summed E-state index contributed by atoms with van der Waals surface area (Å²) in [6, 6.07) is 0. The number of methoxy groups -OCH3 is 1. The molecular formula is C30H50O3. The number of rotatable bonds is 1. The van der Waals surface area contributed by atoms with E-state index >= 15 is 0 Å². The molecule has 0 aliphatic heterocycles. The van der Waals surface area contributed by atoms with Crippen molar-refractivity contribution in [2.45, 2.75) is 118 Å². The average molecular weight is 459 g/mol. The highest BCUT2D eigenvalue weighted by Crippen LogP contribution is 2.76. The number of ether oxygens (including phenoxy) is 1. The van der Waals surface area contributed by atoms with Gasteiger partial charge in [-0.05, 0) is 122 Å². The molecule has 5 saturated carbocycles. The summed E-state index contributed by atoms with van der Waals surface area (Å²) in [6.45, 7) is 15.0.